The van der Waals surface area contributed by atoms with Crippen molar-refractivity contribution >= 4 is 11.6 Å². The molecule has 2 aromatic rings. The van der Waals surface area contributed by atoms with E-state index in [-0.39, 0.29) is 5.91 Å². The first-order valence-electron chi connectivity index (χ1n) is 8.36. The average molecular weight is 335 g/mol. The maximum atomic E-state index is 12.5. The van der Waals surface area contributed by atoms with Crippen LogP contribution in [0.15, 0.2) is 48.5 Å². The molecule has 0 aromatic heterocycles. The number of ether oxygens (including phenoxy) is 1. The molecule has 1 saturated heterocycles. The monoisotopic (exact) mass is 335 g/mol. The second-order valence-electron chi connectivity index (χ2n) is 6.02. The largest absolute Gasteiger partial charge is 0.497 e. The number of carbonyl (C=O) groups is 1. The highest BCUT2D eigenvalue weighted by Crippen LogP contribution is 2.21. The molecule has 1 aliphatic rings. The Morgan fingerprint density at radius 2 is 1.76 bits per heavy atom. The zero-order valence-corrected chi connectivity index (χ0v) is 14.3. The molecule has 5 nitrogen and oxygen atoms in total. The maximum Gasteiger partial charge on any atom is 0.227 e. The Kier molecular flexibility index (Phi) is 5.20. The van der Waals surface area contributed by atoms with Gasteiger partial charge in [-0.25, -0.2) is 0 Å². The van der Waals surface area contributed by atoms with Crippen molar-refractivity contribution in [1.29, 1.82) is 5.26 Å². The summed E-state index contributed by atoms with van der Waals surface area (Å²) in [6, 6.07) is 17.4. The Hall–Kier alpha value is -3.00. The molecule has 1 heterocycles. The lowest BCUT2D eigenvalue weighted by Crippen LogP contribution is -2.49. The predicted octanol–water partition coefficient (Wildman–Crippen LogP) is 2.46. The molecule has 0 radical (unpaired) electrons. The molecule has 128 valence electrons. The van der Waals surface area contributed by atoms with Gasteiger partial charge in [-0.05, 0) is 29.8 Å². The highest BCUT2D eigenvalue weighted by molar-refractivity contribution is 5.79. The number of nitriles is 1. The lowest BCUT2D eigenvalue weighted by Gasteiger charge is -2.36. The third-order valence-corrected chi connectivity index (χ3v) is 4.51. The molecule has 1 aliphatic heterocycles. The molecular formula is C20H21N3O2. The number of anilines is 1. The van der Waals surface area contributed by atoms with Gasteiger partial charge in [-0.15, -0.1) is 0 Å². The van der Waals surface area contributed by atoms with Gasteiger partial charge < -0.3 is 14.5 Å². The number of methoxy groups -OCH3 is 1. The zero-order chi connectivity index (χ0) is 17.6. The summed E-state index contributed by atoms with van der Waals surface area (Å²) in [6.45, 7) is 2.84. The molecule has 2 aromatic carbocycles. The van der Waals surface area contributed by atoms with E-state index in [4.69, 9.17) is 4.74 Å². The van der Waals surface area contributed by atoms with Crippen molar-refractivity contribution in [2.45, 2.75) is 6.42 Å². The number of nitrogens with zero attached hydrogens (tertiary/aromatic N) is 3. The highest BCUT2D eigenvalue weighted by atomic mass is 16.5. The molecule has 1 amide bonds. The fraction of sp³-hybridized carbons (Fsp3) is 0.300. The fourth-order valence-electron chi connectivity index (χ4n) is 3.07. The first-order chi connectivity index (χ1) is 12.2. The lowest BCUT2D eigenvalue weighted by atomic mass is 10.1. The molecular weight excluding hydrogens is 314 g/mol. The summed E-state index contributed by atoms with van der Waals surface area (Å²) in [7, 11) is 1.63. The molecule has 0 saturated carbocycles. The van der Waals surface area contributed by atoms with Gasteiger partial charge in [-0.1, -0.05) is 24.3 Å². The summed E-state index contributed by atoms with van der Waals surface area (Å²) >= 11 is 0. The van der Waals surface area contributed by atoms with Crippen molar-refractivity contribution in [3.8, 4) is 11.8 Å². The second-order valence-corrected chi connectivity index (χ2v) is 6.02. The molecule has 3 rings (SSSR count). The van der Waals surface area contributed by atoms with E-state index in [9.17, 15) is 10.1 Å². The maximum absolute atomic E-state index is 12.5. The van der Waals surface area contributed by atoms with Gasteiger partial charge in [0.15, 0.2) is 0 Å². The molecule has 0 unspecified atom stereocenters. The number of rotatable bonds is 4. The molecule has 25 heavy (non-hydrogen) atoms. The molecule has 0 spiro atoms. The van der Waals surface area contributed by atoms with E-state index in [1.165, 1.54) is 0 Å². The number of para-hydroxylation sites is 1. The van der Waals surface area contributed by atoms with Crippen molar-refractivity contribution in [3.63, 3.8) is 0 Å². The van der Waals surface area contributed by atoms with Crippen molar-refractivity contribution in [2.24, 2.45) is 0 Å². The van der Waals surface area contributed by atoms with E-state index >= 15 is 0 Å². The highest BCUT2D eigenvalue weighted by Gasteiger charge is 2.22. The first-order valence-corrected chi connectivity index (χ1v) is 8.36. The number of hydrogen-bond donors (Lipinski definition) is 0. The van der Waals surface area contributed by atoms with Crippen molar-refractivity contribution in [1.82, 2.24) is 4.90 Å². The summed E-state index contributed by atoms with van der Waals surface area (Å²) in [4.78, 5) is 16.6. The Labute approximate surface area is 148 Å². The van der Waals surface area contributed by atoms with E-state index in [0.717, 1.165) is 30.1 Å². The van der Waals surface area contributed by atoms with Crippen LogP contribution >= 0.6 is 0 Å². The van der Waals surface area contributed by atoms with Crippen LogP contribution < -0.4 is 9.64 Å². The first kappa shape index (κ1) is 16.8. The minimum absolute atomic E-state index is 0.137. The average Bonchev–Trinajstić information content (AvgIpc) is 2.68. The third-order valence-electron chi connectivity index (χ3n) is 4.51. The van der Waals surface area contributed by atoms with E-state index < -0.39 is 0 Å². The Morgan fingerprint density at radius 3 is 2.40 bits per heavy atom. The predicted molar refractivity (Wildman–Crippen MR) is 96.6 cm³/mol. The molecule has 0 bridgehead atoms. The van der Waals surface area contributed by atoms with Crippen LogP contribution in [0.3, 0.4) is 0 Å². The van der Waals surface area contributed by atoms with Gasteiger partial charge in [0.1, 0.15) is 11.8 Å². The van der Waals surface area contributed by atoms with E-state index in [1.807, 2.05) is 53.4 Å². The SMILES string of the molecule is COc1ccc(CC(=O)N2CCN(c3ccccc3C#N)CC2)cc1. The number of benzene rings is 2. The Morgan fingerprint density at radius 1 is 1.08 bits per heavy atom. The topological polar surface area (TPSA) is 56.6 Å². The van der Waals surface area contributed by atoms with Gasteiger partial charge in [0, 0.05) is 26.2 Å². The standard InChI is InChI=1S/C20H21N3O2/c1-25-18-8-6-16(7-9-18)14-20(24)23-12-10-22(11-13-23)19-5-3-2-4-17(19)15-21/h2-9H,10-14H2,1H3. The minimum Gasteiger partial charge on any atom is -0.497 e. The van der Waals surface area contributed by atoms with Gasteiger partial charge in [0.25, 0.3) is 0 Å². The van der Waals surface area contributed by atoms with Crippen LogP contribution in [0.5, 0.6) is 5.75 Å². The van der Waals surface area contributed by atoms with Crippen molar-refractivity contribution < 1.29 is 9.53 Å². The quantitative estimate of drug-likeness (QED) is 0.861. The smallest absolute Gasteiger partial charge is 0.227 e. The van der Waals surface area contributed by atoms with Crippen LogP contribution in [0, 0.1) is 11.3 Å². The Bertz CT molecular complexity index is 772. The molecule has 1 fully saturated rings. The van der Waals surface area contributed by atoms with Gasteiger partial charge in [0.2, 0.25) is 5.91 Å². The fourth-order valence-corrected chi connectivity index (χ4v) is 3.07. The van der Waals surface area contributed by atoms with Gasteiger partial charge in [0.05, 0.1) is 24.8 Å². The van der Waals surface area contributed by atoms with Crippen LogP contribution in [-0.4, -0.2) is 44.1 Å². The van der Waals surface area contributed by atoms with E-state index in [2.05, 4.69) is 11.0 Å². The van der Waals surface area contributed by atoms with Gasteiger partial charge in [-0.2, -0.15) is 5.26 Å². The number of hydrogen-bond acceptors (Lipinski definition) is 4. The van der Waals surface area contributed by atoms with Crippen LogP contribution in [0.25, 0.3) is 0 Å². The van der Waals surface area contributed by atoms with E-state index in [0.29, 0.717) is 25.1 Å². The summed E-state index contributed by atoms with van der Waals surface area (Å²) in [5, 5.41) is 9.24. The molecule has 0 atom stereocenters. The molecule has 0 aliphatic carbocycles. The third kappa shape index (κ3) is 3.92. The number of carbonyl (C=O) groups excluding carboxylic acids is 1. The lowest BCUT2D eigenvalue weighted by molar-refractivity contribution is -0.130. The summed E-state index contributed by atoms with van der Waals surface area (Å²) in [6.07, 6.45) is 0.402. The van der Waals surface area contributed by atoms with Crippen molar-refractivity contribution in [2.75, 3.05) is 38.2 Å². The number of amides is 1. The van der Waals surface area contributed by atoms with Gasteiger partial charge >= 0.3 is 0 Å². The molecule has 0 N–H and O–H groups in total. The normalized spacial score (nSPS) is 14.1. The van der Waals surface area contributed by atoms with Crippen LogP contribution in [0.4, 0.5) is 5.69 Å². The zero-order valence-electron chi connectivity index (χ0n) is 14.3. The van der Waals surface area contributed by atoms with Crippen LogP contribution in [0.2, 0.25) is 0 Å². The van der Waals surface area contributed by atoms with E-state index in [1.54, 1.807) is 7.11 Å². The molecule has 5 heteroatoms. The van der Waals surface area contributed by atoms with Crippen LogP contribution in [0.1, 0.15) is 11.1 Å². The number of piperazine rings is 1. The minimum atomic E-state index is 0.137. The summed E-state index contributed by atoms with van der Waals surface area (Å²) < 4.78 is 5.14. The van der Waals surface area contributed by atoms with Crippen LogP contribution in [-0.2, 0) is 11.2 Å². The van der Waals surface area contributed by atoms with Gasteiger partial charge in [-0.3, -0.25) is 4.79 Å². The second kappa shape index (κ2) is 7.71. The summed E-state index contributed by atoms with van der Waals surface area (Å²) in [5.41, 5.74) is 2.62. The Balaban J connectivity index is 1.58. The van der Waals surface area contributed by atoms with Crippen molar-refractivity contribution in [3.05, 3.63) is 59.7 Å². The summed E-state index contributed by atoms with van der Waals surface area (Å²) in [5.74, 6) is 0.930.